The molecule has 2 saturated heterocycles. The predicted octanol–water partition coefficient (Wildman–Crippen LogP) is 1.01. The van der Waals surface area contributed by atoms with Crippen molar-refractivity contribution in [2.45, 2.75) is 32.4 Å². The number of piperidine rings is 1. The van der Waals surface area contributed by atoms with Crippen LogP contribution in [-0.2, 0) is 20.9 Å². The van der Waals surface area contributed by atoms with Crippen LogP contribution in [0.4, 0.5) is 0 Å². The fourth-order valence-electron chi connectivity index (χ4n) is 3.46. The topological polar surface area (TPSA) is 85.1 Å². The quantitative estimate of drug-likeness (QED) is 0.802. The van der Waals surface area contributed by atoms with E-state index in [-0.39, 0.29) is 12.5 Å². The number of amides is 2. The van der Waals surface area contributed by atoms with Gasteiger partial charge in [-0.3, -0.25) is 14.5 Å². The molecule has 0 spiro atoms. The summed E-state index contributed by atoms with van der Waals surface area (Å²) in [6.45, 7) is 6.47. The number of nitrogens with zero attached hydrogens (tertiary/aromatic N) is 2. The zero-order chi connectivity index (χ0) is 19.2. The number of rotatable bonds is 6. The molecule has 27 heavy (non-hydrogen) atoms. The Morgan fingerprint density at radius 3 is 2.56 bits per heavy atom. The number of primary amides is 1. The van der Waals surface area contributed by atoms with Crippen LogP contribution in [0.25, 0.3) is 0 Å². The molecule has 2 amide bonds. The number of carbonyl (C=O) groups is 2. The highest BCUT2D eigenvalue weighted by molar-refractivity contribution is 5.79. The molecule has 7 nitrogen and oxygen atoms in total. The second-order valence-corrected chi connectivity index (χ2v) is 7.49. The maximum absolute atomic E-state index is 12.2. The number of morpholine rings is 1. The van der Waals surface area contributed by atoms with E-state index in [4.69, 9.17) is 15.2 Å². The highest BCUT2D eigenvalue weighted by Crippen LogP contribution is 2.18. The number of carbonyl (C=O) groups excluding carboxylic acids is 2. The Morgan fingerprint density at radius 2 is 1.89 bits per heavy atom. The van der Waals surface area contributed by atoms with Crippen LogP contribution >= 0.6 is 0 Å². The van der Waals surface area contributed by atoms with Gasteiger partial charge in [0.15, 0.2) is 6.61 Å². The van der Waals surface area contributed by atoms with E-state index in [1.807, 2.05) is 29.2 Å². The first-order chi connectivity index (χ1) is 13.0. The maximum Gasteiger partial charge on any atom is 0.260 e. The first-order valence-electron chi connectivity index (χ1n) is 9.64. The maximum atomic E-state index is 12.2. The highest BCUT2D eigenvalue weighted by Gasteiger charge is 2.24. The Kier molecular flexibility index (Phi) is 6.68. The summed E-state index contributed by atoms with van der Waals surface area (Å²) in [6.07, 6.45) is 1.60. The van der Waals surface area contributed by atoms with E-state index in [0.717, 1.165) is 44.6 Å². The van der Waals surface area contributed by atoms with Crippen LogP contribution in [0.15, 0.2) is 24.3 Å². The van der Waals surface area contributed by atoms with E-state index >= 15 is 0 Å². The fraction of sp³-hybridized carbons (Fsp3) is 0.600. The molecule has 3 rings (SSSR count). The third-order valence-electron chi connectivity index (χ3n) is 5.30. The third kappa shape index (κ3) is 5.68. The minimum absolute atomic E-state index is 0.0526. The van der Waals surface area contributed by atoms with Gasteiger partial charge in [0.05, 0.1) is 6.61 Å². The van der Waals surface area contributed by atoms with E-state index in [1.54, 1.807) is 0 Å². The van der Waals surface area contributed by atoms with Crippen molar-refractivity contribution in [1.29, 1.82) is 0 Å². The van der Waals surface area contributed by atoms with E-state index < -0.39 is 12.0 Å². The minimum atomic E-state index is -0.537. The zero-order valence-electron chi connectivity index (χ0n) is 15.9. The second-order valence-electron chi connectivity index (χ2n) is 7.49. The van der Waals surface area contributed by atoms with Gasteiger partial charge < -0.3 is 20.1 Å². The van der Waals surface area contributed by atoms with Gasteiger partial charge in [0.2, 0.25) is 5.91 Å². The molecule has 2 aliphatic rings. The standard InChI is InChI=1S/C20H29N3O4/c1-15-6-8-23(9-7-15)19(24)14-27-17-4-2-16(3-5-17)12-22-10-11-26-18(13-22)20(21)25/h2-5,15,18H,6-14H2,1H3,(H2,21,25)/t18-/m0/s1. The van der Waals surface area contributed by atoms with Gasteiger partial charge in [0, 0.05) is 32.7 Å². The molecule has 0 saturated carbocycles. The Labute approximate surface area is 160 Å². The van der Waals surface area contributed by atoms with Gasteiger partial charge in [-0.2, -0.15) is 0 Å². The van der Waals surface area contributed by atoms with Crippen molar-refractivity contribution < 1.29 is 19.1 Å². The molecule has 1 atom stereocenters. The lowest BCUT2D eigenvalue weighted by Crippen LogP contribution is -2.47. The van der Waals surface area contributed by atoms with Crippen molar-refractivity contribution in [2.75, 3.05) is 39.4 Å². The SMILES string of the molecule is CC1CCN(C(=O)COc2ccc(CN3CCO[C@H](C(N)=O)C3)cc2)CC1. The Hall–Kier alpha value is -2.12. The molecule has 0 bridgehead atoms. The Balaban J connectivity index is 1.44. The molecule has 2 aliphatic heterocycles. The monoisotopic (exact) mass is 375 g/mol. The molecular formula is C20H29N3O4. The summed E-state index contributed by atoms with van der Waals surface area (Å²) in [5.41, 5.74) is 6.44. The van der Waals surface area contributed by atoms with Crippen LogP contribution in [-0.4, -0.2) is 67.1 Å². The van der Waals surface area contributed by atoms with Crippen LogP contribution in [0.2, 0.25) is 0 Å². The first-order valence-corrected chi connectivity index (χ1v) is 9.64. The summed E-state index contributed by atoms with van der Waals surface area (Å²) in [7, 11) is 0. The molecule has 0 aromatic heterocycles. The zero-order valence-corrected chi connectivity index (χ0v) is 15.9. The van der Waals surface area contributed by atoms with Crippen molar-refractivity contribution in [3.8, 4) is 5.75 Å². The average Bonchev–Trinajstić information content (AvgIpc) is 2.68. The van der Waals surface area contributed by atoms with Crippen molar-refractivity contribution >= 4 is 11.8 Å². The van der Waals surface area contributed by atoms with Gasteiger partial charge in [-0.1, -0.05) is 19.1 Å². The summed E-state index contributed by atoms with van der Waals surface area (Å²) in [6, 6.07) is 7.73. The summed E-state index contributed by atoms with van der Waals surface area (Å²) in [4.78, 5) is 27.6. The van der Waals surface area contributed by atoms with Gasteiger partial charge in [0.1, 0.15) is 11.9 Å². The molecule has 7 heteroatoms. The van der Waals surface area contributed by atoms with E-state index in [2.05, 4.69) is 11.8 Å². The predicted molar refractivity (Wildman–Crippen MR) is 101 cm³/mol. The van der Waals surface area contributed by atoms with Gasteiger partial charge in [-0.25, -0.2) is 0 Å². The molecule has 1 aromatic carbocycles. The van der Waals surface area contributed by atoms with Gasteiger partial charge in [-0.05, 0) is 36.5 Å². The second kappa shape index (κ2) is 9.19. The van der Waals surface area contributed by atoms with Gasteiger partial charge >= 0.3 is 0 Å². The molecule has 2 N–H and O–H groups in total. The molecule has 1 aromatic rings. The summed E-state index contributed by atoms with van der Waals surface area (Å²) < 4.78 is 11.0. The summed E-state index contributed by atoms with van der Waals surface area (Å²) >= 11 is 0. The molecule has 2 fully saturated rings. The fourth-order valence-corrected chi connectivity index (χ4v) is 3.46. The summed E-state index contributed by atoms with van der Waals surface area (Å²) in [5, 5.41) is 0. The minimum Gasteiger partial charge on any atom is -0.484 e. The van der Waals surface area contributed by atoms with Crippen molar-refractivity contribution in [2.24, 2.45) is 11.7 Å². The highest BCUT2D eigenvalue weighted by atomic mass is 16.5. The van der Waals surface area contributed by atoms with Gasteiger partial charge in [-0.15, -0.1) is 0 Å². The van der Waals surface area contributed by atoms with Crippen LogP contribution < -0.4 is 10.5 Å². The van der Waals surface area contributed by atoms with Crippen LogP contribution in [0.3, 0.4) is 0 Å². The van der Waals surface area contributed by atoms with Crippen molar-refractivity contribution in [1.82, 2.24) is 9.80 Å². The lowest BCUT2D eigenvalue weighted by Gasteiger charge is -2.31. The molecule has 148 valence electrons. The number of hydrogen-bond acceptors (Lipinski definition) is 5. The smallest absolute Gasteiger partial charge is 0.260 e. The molecule has 2 heterocycles. The molecule has 0 radical (unpaired) electrons. The average molecular weight is 375 g/mol. The number of hydrogen-bond donors (Lipinski definition) is 1. The first kappa shape index (κ1) is 19.6. The molecule has 0 unspecified atom stereocenters. The Bertz CT molecular complexity index is 641. The largest absolute Gasteiger partial charge is 0.484 e. The summed E-state index contributed by atoms with van der Waals surface area (Å²) in [5.74, 6) is 1.02. The number of benzene rings is 1. The van der Waals surface area contributed by atoms with Crippen molar-refractivity contribution in [3.05, 3.63) is 29.8 Å². The number of ether oxygens (including phenoxy) is 2. The van der Waals surface area contributed by atoms with Crippen LogP contribution in [0.5, 0.6) is 5.75 Å². The number of nitrogens with two attached hydrogens (primary N) is 1. The van der Waals surface area contributed by atoms with E-state index in [9.17, 15) is 9.59 Å². The van der Waals surface area contributed by atoms with E-state index in [1.165, 1.54) is 0 Å². The normalized spacial score (nSPS) is 21.8. The lowest BCUT2D eigenvalue weighted by molar-refractivity contribution is -0.135. The Morgan fingerprint density at radius 1 is 1.19 bits per heavy atom. The molecular weight excluding hydrogens is 346 g/mol. The third-order valence-corrected chi connectivity index (χ3v) is 5.30. The van der Waals surface area contributed by atoms with E-state index in [0.29, 0.717) is 24.8 Å². The van der Waals surface area contributed by atoms with Crippen LogP contribution in [0.1, 0.15) is 25.3 Å². The van der Waals surface area contributed by atoms with Gasteiger partial charge in [0.25, 0.3) is 5.91 Å². The lowest BCUT2D eigenvalue weighted by atomic mass is 9.99. The number of likely N-dealkylation sites (tertiary alicyclic amines) is 1. The van der Waals surface area contributed by atoms with Crippen molar-refractivity contribution in [3.63, 3.8) is 0 Å². The molecule has 0 aliphatic carbocycles. The van der Waals surface area contributed by atoms with Crippen LogP contribution in [0, 0.1) is 5.92 Å².